The van der Waals surface area contributed by atoms with Gasteiger partial charge in [-0.15, -0.1) is 11.8 Å². The first-order valence-electron chi connectivity index (χ1n) is 7.04. The molecular weight excluding hydrogens is 320 g/mol. The number of fused-ring (bicyclic) bond motifs is 1. The molecule has 1 aliphatic heterocycles. The molecule has 0 fully saturated rings. The number of methoxy groups -OCH3 is 1. The summed E-state index contributed by atoms with van der Waals surface area (Å²) in [4.78, 5) is 37.3. The lowest BCUT2D eigenvalue weighted by molar-refractivity contribution is -0.137. The molecule has 0 spiro atoms. The molecule has 2 rings (SSSR count). The lowest BCUT2D eigenvalue weighted by Crippen LogP contribution is -2.38. The van der Waals surface area contributed by atoms with Crippen molar-refractivity contribution >= 4 is 35.2 Å². The van der Waals surface area contributed by atoms with Crippen LogP contribution < -0.4 is 5.32 Å². The van der Waals surface area contributed by atoms with Crippen LogP contribution in [0.1, 0.15) is 17.3 Å². The van der Waals surface area contributed by atoms with E-state index in [1.807, 2.05) is 0 Å². The predicted molar refractivity (Wildman–Crippen MR) is 85.8 cm³/mol. The number of carboxylic acids is 1. The molecule has 1 atom stereocenters. The lowest BCUT2D eigenvalue weighted by atomic mass is 10.1. The Morgan fingerprint density at radius 1 is 1.43 bits per heavy atom. The number of ether oxygens (including phenoxy) is 1. The van der Waals surface area contributed by atoms with Crippen molar-refractivity contribution in [2.75, 3.05) is 32.1 Å². The number of hydrogen-bond donors (Lipinski definition) is 2. The monoisotopic (exact) mass is 338 g/mol. The van der Waals surface area contributed by atoms with Gasteiger partial charge in [0.1, 0.15) is 6.54 Å². The Balaban J connectivity index is 2.22. The number of hydrogen-bond acceptors (Lipinski definition) is 5. The number of nitrogens with zero attached hydrogens (tertiary/aromatic N) is 1. The zero-order valence-corrected chi connectivity index (χ0v) is 13.7. The van der Waals surface area contributed by atoms with Crippen molar-refractivity contribution in [1.29, 1.82) is 0 Å². The van der Waals surface area contributed by atoms with E-state index in [0.717, 1.165) is 4.90 Å². The van der Waals surface area contributed by atoms with Crippen molar-refractivity contribution in [1.82, 2.24) is 4.90 Å². The first-order chi connectivity index (χ1) is 10.9. The Morgan fingerprint density at radius 2 is 2.17 bits per heavy atom. The summed E-state index contributed by atoms with van der Waals surface area (Å²) in [5.74, 6) is -1.62. The van der Waals surface area contributed by atoms with E-state index in [1.54, 1.807) is 25.1 Å². The molecule has 0 aliphatic carbocycles. The van der Waals surface area contributed by atoms with Gasteiger partial charge in [0, 0.05) is 24.1 Å². The molecular formula is C15H18N2O5S. The Bertz CT molecular complexity index is 634. The molecule has 0 bridgehead atoms. The molecule has 0 saturated carbocycles. The second kappa shape index (κ2) is 7.47. The predicted octanol–water partition coefficient (Wildman–Crippen LogP) is 1.29. The van der Waals surface area contributed by atoms with Crippen LogP contribution in [0.3, 0.4) is 0 Å². The van der Waals surface area contributed by atoms with Gasteiger partial charge in [0.2, 0.25) is 5.91 Å². The molecule has 1 aromatic carbocycles. The molecule has 0 aromatic heterocycles. The van der Waals surface area contributed by atoms with Gasteiger partial charge in [-0.1, -0.05) is 0 Å². The highest BCUT2D eigenvalue weighted by Crippen LogP contribution is 2.36. The number of anilines is 1. The summed E-state index contributed by atoms with van der Waals surface area (Å²) in [5.41, 5.74) is 0.905. The van der Waals surface area contributed by atoms with Crippen molar-refractivity contribution in [3.8, 4) is 0 Å². The second-order valence-electron chi connectivity index (χ2n) is 5.07. The SMILES string of the molecule is COCCN(CC(=O)O)C(=O)c1ccc2c(c1)NC(=O)C(C)S2. The molecule has 1 aromatic rings. The highest BCUT2D eigenvalue weighted by atomic mass is 32.2. The smallest absolute Gasteiger partial charge is 0.323 e. The molecule has 124 valence electrons. The van der Waals surface area contributed by atoms with Gasteiger partial charge in [-0.2, -0.15) is 0 Å². The van der Waals surface area contributed by atoms with Crippen LogP contribution in [-0.4, -0.2) is 59.8 Å². The van der Waals surface area contributed by atoms with Gasteiger partial charge in [-0.05, 0) is 25.1 Å². The molecule has 7 nitrogen and oxygen atoms in total. The second-order valence-corrected chi connectivity index (χ2v) is 6.46. The molecule has 2 N–H and O–H groups in total. The largest absolute Gasteiger partial charge is 0.480 e. The summed E-state index contributed by atoms with van der Waals surface area (Å²) in [6.45, 7) is 1.82. The van der Waals surface area contributed by atoms with Gasteiger partial charge in [0.15, 0.2) is 0 Å². The minimum absolute atomic E-state index is 0.117. The van der Waals surface area contributed by atoms with Gasteiger partial charge < -0.3 is 20.1 Å². The molecule has 2 amide bonds. The number of aliphatic carboxylic acids is 1. The first-order valence-corrected chi connectivity index (χ1v) is 7.92. The number of carbonyl (C=O) groups excluding carboxylic acids is 2. The molecule has 1 unspecified atom stereocenters. The average Bonchev–Trinajstić information content (AvgIpc) is 2.51. The van der Waals surface area contributed by atoms with Crippen molar-refractivity contribution in [2.45, 2.75) is 17.1 Å². The van der Waals surface area contributed by atoms with E-state index in [0.29, 0.717) is 11.3 Å². The third-order valence-corrected chi connectivity index (χ3v) is 4.51. The normalized spacial score (nSPS) is 16.4. The molecule has 23 heavy (non-hydrogen) atoms. The van der Waals surface area contributed by atoms with Gasteiger partial charge in [-0.3, -0.25) is 14.4 Å². The van der Waals surface area contributed by atoms with Gasteiger partial charge in [0.05, 0.1) is 17.5 Å². The number of nitrogens with one attached hydrogen (secondary N) is 1. The fraction of sp³-hybridized carbons (Fsp3) is 0.400. The van der Waals surface area contributed by atoms with Crippen molar-refractivity contribution < 1.29 is 24.2 Å². The molecule has 0 radical (unpaired) electrons. The Morgan fingerprint density at radius 3 is 2.83 bits per heavy atom. The summed E-state index contributed by atoms with van der Waals surface area (Å²) in [5, 5.41) is 11.5. The maximum Gasteiger partial charge on any atom is 0.323 e. The number of amides is 2. The van der Waals surface area contributed by atoms with Crippen molar-refractivity contribution in [3.63, 3.8) is 0 Å². The third kappa shape index (κ3) is 4.23. The van der Waals surface area contributed by atoms with Crippen LogP contribution >= 0.6 is 11.8 Å². The third-order valence-electron chi connectivity index (χ3n) is 3.34. The van der Waals surface area contributed by atoms with E-state index < -0.39 is 18.4 Å². The summed E-state index contributed by atoms with van der Waals surface area (Å²) in [6.07, 6.45) is 0. The van der Waals surface area contributed by atoms with E-state index in [4.69, 9.17) is 9.84 Å². The van der Waals surface area contributed by atoms with Crippen LogP contribution in [0.5, 0.6) is 0 Å². The van der Waals surface area contributed by atoms with Crippen molar-refractivity contribution in [3.05, 3.63) is 23.8 Å². The van der Waals surface area contributed by atoms with E-state index in [9.17, 15) is 14.4 Å². The minimum atomic E-state index is -1.09. The quantitative estimate of drug-likeness (QED) is 0.811. The minimum Gasteiger partial charge on any atom is -0.480 e. The van der Waals surface area contributed by atoms with Gasteiger partial charge in [0.25, 0.3) is 5.91 Å². The van der Waals surface area contributed by atoms with Crippen LogP contribution in [-0.2, 0) is 14.3 Å². The fourth-order valence-corrected chi connectivity index (χ4v) is 3.07. The number of carboxylic acid groups (broad SMARTS) is 1. The van der Waals surface area contributed by atoms with Crippen LogP contribution in [0.4, 0.5) is 5.69 Å². The van der Waals surface area contributed by atoms with E-state index in [2.05, 4.69) is 5.32 Å². The van der Waals surface area contributed by atoms with E-state index in [-0.39, 0.29) is 24.3 Å². The summed E-state index contributed by atoms with van der Waals surface area (Å²) in [6, 6.07) is 4.98. The standard InChI is InChI=1S/C15H18N2O5S/c1-9-14(20)16-11-7-10(3-4-12(11)23-9)15(21)17(5-6-22-2)8-13(18)19/h3-4,7,9H,5-6,8H2,1-2H3,(H,16,20)(H,18,19). The number of benzene rings is 1. The Kier molecular flexibility index (Phi) is 5.62. The molecule has 1 aliphatic rings. The highest BCUT2D eigenvalue weighted by Gasteiger charge is 2.25. The summed E-state index contributed by atoms with van der Waals surface area (Å²) < 4.78 is 4.91. The van der Waals surface area contributed by atoms with Gasteiger partial charge in [-0.25, -0.2) is 0 Å². The average molecular weight is 338 g/mol. The van der Waals surface area contributed by atoms with Crippen LogP contribution in [0.15, 0.2) is 23.1 Å². The molecule has 0 saturated heterocycles. The maximum absolute atomic E-state index is 12.5. The van der Waals surface area contributed by atoms with Crippen LogP contribution in [0, 0.1) is 0 Å². The number of thioether (sulfide) groups is 1. The highest BCUT2D eigenvalue weighted by molar-refractivity contribution is 8.00. The Hall–Kier alpha value is -2.06. The van der Waals surface area contributed by atoms with E-state index >= 15 is 0 Å². The topological polar surface area (TPSA) is 95.9 Å². The molecule has 1 heterocycles. The van der Waals surface area contributed by atoms with Crippen molar-refractivity contribution in [2.24, 2.45) is 0 Å². The summed E-state index contributed by atoms with van der Waals surface area (Å²) in [7, 11) is 1.48. The first kappa shape index (κ1) is 17.3. The zero-order chi connectivity index (χ0) is 17.0. The lowest BCUT2D eigenvalue weighted by Gasteiger charge is -2.24. The van der Waals surface area contributed by atoms with E-state index in [1.165, 1.54) is 23.8 Å². The van der Waals surface area contributed by atoms with Crippen LogP contribution in [0.25, 0.3) is 0 Å². The summed E-state index contributed by atoms with van der Waals surface area (Å²) >= 11 is 1.42. The number of carbonyl (C=O) groups is 3. The fourth-order valence-electron chi connectivity index (χ4n) is 2.14. The number of rotatable bonds is 6. The molecule has 8 heteroatoms. The Labute approximate surface area is 138 Å². The zero-order valence-electron chi connectivity index (χ0n) is 12.9. The maximum atomic E-state index is 12.5. The van der Waals surface area contributed by atoms with Gasteiger partial charge >= 0.3 is 5.97 Å². The van der Waals surface area contributed by atoms with Crippen LogP contribution in [0.2, 0.25) is 0 Å².